The number of hydrogen-bond acceptors (Lipinski definition) is 5. The molecule has 1 fully saturated rings. The third-order valence-corrected chi connectivity index (χ3v) is 20.3. The molecule has 0 spiro atoms. The van der Waals surface area contributed by atoms with Crippen LogP contribution in [-0.2, 0) is 23.7 Å². The summed E-state index contributed by atoms with van der Waals surface area (Å²) in [6.45, 7) is 34.4. The van der Waals surface area contributed by atoms with Gasteiger partial charge in [0, 0.05) is 47.0 Å². The van der Waals surface area contributed by atoms with Gasteiger partial charge >= 0.3 is 0 Å². The minimum atomic E-state index is -0.159. The summed E-state index contributed by atoms with van der Waals surface area (Å²) in [6, 6.07) is 28.7. The molecule has 4 aliphatic heterocycles. The Labute approximate surface area is 534 Å². The van der Waals surface area contributed by atoms with Crippen molar-refractivity contribution in [2.24, 2.45) is 0 Å². The van der Waals surface area contributed by atoms with Gasteiger partial charge in [0.15, 0.2) is 0 Å². The van der Waals surface area contributed by atoms with Gasteiger partial charge in [-0.25, -0.2) is 9.97 Å². The van der Waals surface area contributed by atoms with Crippen LogP contribution in [0, 0.1) is 13.8 Å². The summed E-state index contributed by atoms with van der Waals surface area (Å²) in [4.78, 5) is 51.7. The van der Waals surface area contributed by atoms with Crippen molar-refractivity contribution in [3.05, 3.63) is 146 Å². The number of benzene rings is 3. The first-order valence-electron chi connectivity index (χ1n) is 35.0. The molecule has 472 valence electrons. The molecule has 2 amide bonds. The number of aromatic amines is 2. The normalized spacial score (nSPS) is 15.0. The van der Waals surface area contributed by atoms with Crippen molar-refractivity contribution in [3.8, 4) is 22.3 Å². The maximum atomic E-state index is 13.6. The molecule has 8 heteroatoms. The number of piperidine rings is 1. The van der Waals surface area contributed by atoms with Gasteiger partial charge in [-0.2, -0.15) is 0 Å². The molecule has 89 heavy (non-hydrogen) atoms. The Morgan fingerprint density at radius 1 is 0.483 bits per heavy atom. The molecule has 1 saturated heterocycles. The van der Waals surface area contributed by atoms with Gasteiger partial charge in [0.05, 0.1) is 44.9 Å². The lowest BCUT2D eigenvalue weighted by molar-refractivity contribution is 0.0561. The van der Waals surface area contributed by atoms with Crippen LogP contribution in [-0.4, -0.2) is 55.8 Å². The second-order valence-corrected chi connectivity index (χ2v) is 28.8. The van der Waals surface area contributed by atoms with E-state index in [1.165, 1.54) is 171 Å². The van der Waals surface area contributed by atoms with E-state index in [0.29, 0.717) is 11.1 Å². The smallest absolute Gasteiger partial charge is 0.261 e. The van der Waals surface area contributed by atoms with E-state index in [0.717, 1.165) is 117 Å². The highest BCUT2D eigenvalue weighted by atomic mass is 16.2. The van der Waals surface area contributed by atoms with E-state index in [1.54, 1.807) is 12.1 Å². The summed E-state index contributed by atoms with van der Waals surface area (Å²) >= 11 is 0. The first-order valence-corrected chi connectivity index (χ1v) is 35.0. The minimum Gasteiger partial charge on any atom is -0.371 e. The number of H-pyrrole nitrogens is 2. The predicted octanol–water partition coefficient (Wildman–Crippen LogP) is 22.2. The maximum Gasteiger partial charge on any atom is 0.261 e. The molecular formula is C81H106N6O2. The number of nitrogens with one attached hydrogen (secondary N) is 2. The van der Waals surface area contributed by atoms with Crippen molar-refractivity contribution >= 4 is 61.9 Å². The number of fused-ring (bicyclic) bond motifs is 9. The monoisotopic (exact) mass is 1190 g/mol. The molecule has 6 aromatic rings. The van der Waals surface area contributed by atoms with Crippen molar-refractivity contribution in [2.45, 2.75) is 255 Å². The van der Waals surface area contributed by atoms with Crippen LogP contribution < -0.4 is 4.90 Å². The van der Waals surface area contributed by atoms with E-state index in [2.05, 4.69) is 166 Å². The van der Waals surface area contributed by atoms with Crippen LogP contribution in [0.15, 0.2) is 78.9 Å². The zero-order chi connectivity index (χ0) is 63.3. The number of aromatic nitrogens is 4. The number of allylic oxidation sites excluding steroid dienone is 4. The number of anilines is 1. The largest absolute Gasteiger partial charge is 0.371 e. The summed E-state index contributed by atoms with van der Waals surface area (Å²) in [5, 5.41) is 0. The Kier molecular flexibility index (Phi) is 20.6. The highest BCUT2D eigenvalue weighted by Gasteiger charge is 2.41. The number of hydrogen-bond donors (Lipinski definition) is 2. The number of rotatable bonds is 24. The lowest BCUT2D eigenvalue weighted by Crippen LogP contribution is -2.47. The van der Waals surface area contributed by atoms with Crippen molar-refractivity contribution in [1.82, 2.24) is 24.8 Å². The number of unbranched alkanes of at least 4 members (excludes halogenated alkanes) is 12. The predicted molar refractivity (Wildman–Crippen MR) is 379 cm³/mol. The molecule has 3 aromatic carbocycles. The van der Waals surface area contributed by atoms with Gasteiger partial charge in [-0.15, -0.1) is 0 Å². The molecule has 0 radical (unpaired) electrons. The van der Waals surface area contributed by atoms with Gasteiger partial charge in [0.25, 0.3) is 11.8 Å². The average molecular weight is 1200 g/mol. The zero-order valence-electron chi connectivity index (χ0n) is 57.2. The maximum absolute atomic E-state index is 13.6. The van der Waals surface area contributed by atoms with Crippen molar-refractivity contribution in [1.29, 1.82) is 0 Å². The Hall–Kier alpha value is -6.80. The Morgan fingerprint density at radius 2 is 0.899 bits per heavy atom. The van der Waals surface area contributed by atoms with Crippen LogP contribution in [0.5, 0.6) is 0 Å². The molecule has 0 aliphatic carbocycles. The van der Waals surface area contributed by atoms with Crippen LogP contribution in [0.1, 0.15) is 288 Å². The van der Waals surface area contributed by atoms with E-state index in [9.17, 15) is 9.59 Å². The Balaban J connectivity index is 1.25. The first kappa shape index (κ1) is 65.2. The van der Waals surface area contributed by atoms with Gasteiger partial charge in [-0.1, -0.05) is 189 Å². The van der Waals surface area contributed by atoms with E-state index in [-0.39, 0.29) is 28.7 Å². The summed E-state index contributed by atoms with van der Waals surface area (Å²) in [5.41, 5.74) is 29.0. The minimum absolute atomic E-state index is 0.0689. The fourth-order valence-electron chi connectivity index (χ4n) is 14.7. The van der Waals surface area contributed by atoms with Crippen LogP contribution >= 0.6 is 0 Å². The van der Waals surface area contributed by atoms with Gasteiger partial charge in [-0.05, 0) is 206 Å². The lowest BCUT2D eigenvalue weighted by atomic mass is 9.78. The Morgan fingerprint density at radius 3 is 1.30 bits per heavy atom. The van der Waals surface area contributed by atoms with Crippen LogP contribution in [0.2, 0.25) is 0 Å². The fraction of sp³-hybridized carbons (Fsp3) is 0.506. The number of aryl methyl sites for hydroxylation is 4. The lowest BCUT2D eigenvalue weighted by Gasteiger charge is -2.37. The molecule has 7 heterocycles. The second kappa shape index (κ2) is 28.2. The third kappa shape index (κ3) is 13.8. The van der Waals surface area contributed by atoms with Gasteiger partial charge in [-0.3, -0.25) is 14.5 Å². The fourth-order valence-corrected chi connectivity index (χ4v) is 14.7. The highest BCUT2D eigenvalue weighted by molar-refractivity contribution is 6.21. The molecule has 8 bridgehead atoms. The van der Waals surface area contributed by atoms with E-state index in [4.69, 9.17) is 9.97 Å². The molecule has 2 N–H and O–H groups in total. The quantitative estimate of drug-likeness (QED) is 0.0465. The molecule has 8 nitrogen and oxygen atoms in total. The van der Waals surface area contributed by atoms with E-state index in [1.807, 2.05) is 12.1 Å². The summed E-state index contributed by atoms with van der Waals surface area (Å²) in [7, 11) is 0. The Bertz CT molecular complexity index is 3600. The molecule has 0 atom stereocenters. The molecule has 10 rings (SSSR count). The van der Waals surface area contributed by atoms with E-state index < -0.39 is 0 Å². The molecule has 4 aliphatic rings. The number of carbonyl (C=O) groups is 2. The molecule has 0 saturated carbocycles. The number of carbonyl (C=O) groups excluding carboxylic acids is 2. The number of imide groups is 1. The second-order valence-electron chi connectivity index (χ2n) is 28.8. The van der Waals surface area contributed by atoms with Crippen molar-refractivity contribution < 1.29 is 9.59 Å². The summed E-state index contributed by atoms with van der Waals surface area (Å²) < 4.78 is 0. The molecule has 0 unspecified atom stereocenters. The molecule has 3 aromatic heterocycles. The highest BCUT2D eigenvalue weighted by Crippen LogP contribution is 2.47. The summed E-state index contributed by atoms with van der Waals surface area (Å²) in [5.74, 6) is -0.317. The number of nitrogens with zero attached hydrogens (tertiary/aromatic N) is 4. The summed E-state index contributed by atoms with van der Waals surface area (Å²) in [6.07, 6.45) is 24.2. The van der Waals surface area contributed by atoms with Crippen LogP contribution in [0.4, 0.5) is 5.69 Å². The van der Waals surface area contributed by atoms with Gasteiger partial charge < -0.3 is 14.9 Å². The van der Waals surface area contributed by atoms with Gasteiger partial charge in [0.2, 0.25) is 0 Å². The standard InChI is InChI=1S/C81H106N6O2/c1-15-19-23-27-33-62-52(5)74-72(56-39-41-60(42-40-56)86-45-43-61(44-46-86)87-78(88)66-37-31-32-38-67(66)79(87)89)75-53(6)63(34-28-24-20-16-2)69(83-75)51-71-65(36-30-26-22-18-4)55(8)77(85-71)73(57-47-58(80(9,10)11)49-59(48-57)81(12,13)14)76-54(7)64(35-29-25-21-17-3)70(84-76)50-68(62)82-74/h31-32,37-42,47-51,61,84-85H,15-30,33-36,43-46H2,1-14H3. The van der Waals surface area contributed by atoms with Crippen LogP contribution in [0.25, 0.3) is 66.6 Å². The topological polar surface area (TPSA) is 98.0 Å². The first-order chi connectivity index (χ1) is 42.8. The average Bonchev–Trinajstić information content (AvgIpc) is 1.65. The van der Waals surface area contributed by atoms with Gasteiger partial charge in [0.1, 0.15) is 0 Å². The van der Waals surface area contributed by atoms with Crippen LogP contribution in [0.3, 0.4) is 0 Å². The third-order valence-electron chi connectivity index (χ3n) is 20.3. The van der Waals surface area contributed by atoms with E-state index >= 15 is 0 Å². The van der Waals surface area contributed by atoms with Crippen molar-refractivity contribution in [3.63, 3.8) is 0 Å². The van der Waals surface area contributed by atoms with Crippen molar-refractivity contribution in [2.75, 3.05) is 18.0 Å². The number of amides is 2. The molecular weight excluding hydrogens is 1090 g/mol. The SMILES string of the molecule is CCCCCCC1=C(C)c2nc1cc1[nH]c(c(C)c1CCCCCC)c(-c1cc(C(C)(C)C)cc(C(C)(C)C)c1)c1[nH]c(cc3nc(c2-c2ccc(N4CCC(N5C(=O)c6ccccc6C5=O)CC4)cc2)C(C)=C3CCCCCC)c(CCCCCC)c1C. The zero-order valence-corrected chi connectivity index (χ0v) is 57.2.